The maximum absolute atomic E-state index is 13.9. The van der Waals surface area contributed by atoms with Crippen molar-refractivity contribution in [2.75, 3.05) is 11.9 Å². The standard InChI is InChI=1S/C16H14BrF2NO/c17-12-6-7-13(18)11(15(12)19)9-21-14-5-1-3-10-4-2-8-20-16(10)14/h1,3,5-7,20H,2,4,8-9H2. The summed E-state index contributed by atoms with van der Waals surface area (Å²) in [7, 11) is 0. The average molecular weight is 354 g/mol. The molecular weight excluding hydrogens is 340 g/mol. The number of aryl methyl sites for hydroxylation is 1. The van der Waals surface area contributed by atoms with Crippen LogP contribution >= 0.6 is 15.9 Å². The van der Waals surface area contributed by atoms with Gasteiger partial charge in [0.05, 0.1) is 15.7 Å². The van der Waals surface area contributed by atoms with Crippen LogP contribution in [0.3, 0.4) is 0 Å². The van der Waals surface area contributed by atoms with Crippen LogP contribution in [0.15, 0.2) is 34.8 Å². The number of hydrogen-bond acceptors (Lipinski definition) is 2. The van der Waals surface area contributed by atoms with Gasteiger partial charge in [0.15, 0.2) is 0 Å². The molecule has 0 saturated carbocycles. The van der Waals surface area contributed by atoms with E-state index in [1.807, 2.05) is 18.2 Å². The van der Waals surface area contributed by atoms with Gasteiger partial charge in [0.1, 0.15) is 24.0 Å². The topological polar surface area (TPSA) is 21.3 Å². The lowest BCUT2D eigenvalue weighted by Crippen LogP contribution is -2.13. The Morgan fingerprint density at radius 3 is 2.90 bits per heavy atom. The lowest BCUT2D eigenvalue weighted by atomic mass is 10.0. The van der Waals surface area contributed by atoms with Gasteiger partial charge in [-0.15, -0.1) is 0 Å². The second kappa shape index (κ2) is 6.02. The van der Waals surface area contributed by atoms with E-state index in [0.717, 1.165) is 25.1 Å². The third-order valence-corrected chi connectivity index (χ3v) is 4.16. The third kappa shape index (κ3) is 2.88. The minimum Gasteiger partial charge on any atom is -0.487 e. The molecule has 0 atom stereocenters. The Kier molecular flexibility index (Phi) is 4.10. The molecule has 0 bridgehead atoms. The van der Waals surface area contributed by atoms with E-state index in [1.165, 1.54) is 17.7 Å². The first-order chi connectivity index (χ1) is 10.2. The van der Waals surface area contributed by atoms with E-state index >= 15 is 0 Å². The minimum absolute atomic E-state index is 0.0715. The number of anilines is 1. The summed E-state index contributed by atoms with van der Waals surface area (Å²) >= 11 is 3.06. The van der Waals surface area contributed by atoms with Crippen molar-refractivity contribution in [3.63, 3.8) is 0 Å². The molecule has 0 radical (unpaired) electrons. The molecule has 5 heteroatoms. The van der Waals surface area contributed by atoms with Crippen molar-refractivity contribution >= 4 is 21.6 Å². The fourth-order valence-electron chi connectivity index (χ4n) is 2.45. The van der Waals surface area contributed by atoms with Gasteiger partial charge in [-0.3, -0.25) is 0 Å². The number of hydrogen-bond donors (Lipinski definition) is 1. The molecular formula is C16H14BrF2NO. The summed E-state index contributed by atoms with van der Waals surface area (Å²) in [5, 5.41) is 3.29. The molecule has 2 nitrogen and oxygen atoms in total. The molecule has 21 heavy (non-hydrogen) atoms. The van der Waals surface area contributed by atoms with E-state index in [4.69, 9.17) is 4.74 Å². The van der Waals surface area contributed by atoms with Crippen LogP contribution in [-0.2, 0) is 13.0 Å². The zero-order valence-corrected chi connectivity index (χ0v) is 12.8. The van der Waals surface area contributed by atoms with Crippen LogP contribution in [0.25, 0.3) is 0 Å². The molecule has 110 valence electrons. The second-order valence-corrected chi connectivity index (χ2v) is 5.79. The van der Waals surface area contributed by atoms with Crippen molar-refractivity contribution in [3.8, 4) is 5.75 Å². The van der Waals surface area contributed by atoms with Crippen LogP contribution in [0.5, 0.6) is 5.75 Å². The summed E-state index contributed by atoms with van der Waals surface area (Å²) in [4.78, 5) is 0. The fraction of sp³-hybridized carbons (Fsp3) is 0.250. The number of para-hydroxylation sites is 1. The van der Waals surface area contributed by atoms with Crippen LogP contribution < -0.4 is 10.1 Å². The van der Waals surface area contributed by atoms with E-state index in [9.17, 15) is 8.78 Å². The van der Waals surface area contributed by atoms with Crippen molar-refractivity contribution in [3.05, 3.63) is 57.6 Å². The number of ether oxygens (including phenoxy) is 1. The van der Waals surface area contributed by atoms with Gasteiger partial charge < -0.3 is 10.1 Å². The van der Waals surface area contributed by atoms with Gasteiger partial charge in [0, 0.05) is 6.54 Å². The highest BCUT2D eigenvalue weighted by atomic mass is 79.9. The van der Waals surface area contributed by atoms with Crippen molar-refractivity contribution in [1.29, 1.82) is 0 Å². The Morgan fingerprint density at radius 2 is 2.05 bits per heavy atom. The molecule has 2 aromatic rings. The summed E-state index contributed by atoms with van der Waals surface area (Å²) < 4.78 is 33.5. The minimum atomic E-state index is -0.618. The molecule has 1 aliphatic heterocycles. The van der Waals surface area contributed by atoms with Crippen molar-refractivity contribution in [2.45, 2.75) is 19.4 Å². The van der Waals surface area contributed by atoms with Gasteiger partial charge in [0.25, 0.3) is 0 Å². The summed E-state index contributed by atoms with van der Waals surface area (Å²) in [6.07, 6.45) is 2.06. The van der Waals surface area contributed by atoms with Crippen LogP contribution in [0.4, 0.5) is 14.5 Å². The number of fused-ring (bicyclic) bond motifs is 1. The largest absolute Gasteiger partial charge is 0.487 e. The molecule has 2 aromatic carbocycles. The van der Waals surface area contributed by atoms with Crippen LogP contribution in [0.1, 0.15) is 17.5 Å². The number of rotatable bonds is 3. The van der Waals surface area contributed by atoms with Gasteiger partial charge in [-0.05, 0) is 52.5 Å². The zero-order chi connectivity index (χ0) is 14.8. The first kappa shape index (κ1) is 14.3. The average Bonchev–Trinajstić information content (AvgIpc) is 2.51. The van der Waals surface area contributed by atoms with Gasteiger partial charge >= 0.3 is 0 Å². The normalized spacial score (nSPS) is 13.5. The maximum Gasteiger partial charge on any atom is 0.146 e. The predicted octanol–water partition coefficient (Wildman–Crippen LogP) is 4.66. The summed E-state index contributed by atoms with van der Waals surface area (Å²) in [5.74, 6) is -0.591. The SMILES string of the molecule is Fc1ccc(Br)c(F)c1COc1cccc2c1NCCC2. The van der Waals surface area contributed by atoms with Gasteiger partial charge in [0.2, 0.25) is 0 Å². The third-order valence-electron chi connectivity index (χ3n) is 3.55. The highest BCUT2D eigenvalue weighted by molar-refractivity contribution is 9.10. The predicted molar refractivity (Wildman–Crippen MR) is 81.6 cm³/mol. The Labute approximate surface area is 130 Å². The van der Waals surface area contributed by atoms with E-state index in [0.29, 0.717) is 5.75 Å². The quantitative estimate of drug-likeness (QED) is 0.810. The van der Waals surface area contributed by atoms with Gasteiger partial charge in [-0.25, -0.2) is 8.78 Å². The molecule has 1 heterocycles. The molecule has 0 saturated heterocycles. The van der Waals surface area contributed by atoms with Crippen LogP contribution in [0, 0.1) is 11.6 Å². The summed E-state index contributed by atoms with van der Waals surface area (Å²) in [5.41, 5.74) is 2.03. The van der Waals surface area contributed by atoms with E-state index < -0.39 is 11.6 Å². The second-order valence-electron chi connectivity index (χ2n) is 4.93. The van der Waals surface area contributed by atoms with E-state index in [-0.39, 0.29) is 16.6 Å². The number of halogens is 3. The monoisotopic (exact) mass is 353 g/mol. The van der Waals surface area contributed by atoms with Gasteiger partial charge in [-0.1, -0.05) is 12.1 Å². The number of benzene rings is 2. The maximum atomic E-state index is 13.9. The highest BCUT2D eigenvalue weighted by Gasteiger charge is 2.16. The van der Waals surface area contributed by atoms with E-state index in [2.05, 4.69) is 21.2 Å². The smallest absolute Gasteiger partial charge is 0.146 e. The molecule has 0 fully saturated rings. The molecule has 0 aromatic heterocycles. The first-order valence-corrected chi connectivity index (χ1v) is 7.57. The lowest BCUT2D eigenvalue weighted by Gasteiger charge is -2.21. The highest BCUT2D eigenvalue weighted by Crippen LogP contribution is 2.33. The molecule has 0 aliphatic carbocycles. The summed E-state index contributed by atoms with van der Waals surface area (Å²) in [6, 6.07) is 8.32. The molecule has 1 aliphatic rings. The van der Waals surface area contributed by atoms with Crippen molar-refractivity contribution < 1.29 is 13.5 Å². The van der Waals surface area contributed by atoms with Crippen molar-refractivity contribution in [2.24, 2.45) is 0 Å². The lowest BCUT2D eigenvalue weighted by molar-refractivity contribution is 0.293. The van der Waals surface area contributed by atoms with Crippen LogP contribution in [0.2, 0.25) is 0 Å². The van der Waals surface area contributed by atoms with Gasteiger partial charge in [-0.2, -0.15) is 0 Å². The fourth-order valence-corrected chi connectivity index (χ4v) is 2.82. The van der Waals surface area contributed by atoms with Crippen molar-refractivity contribution in [1.82, 2.24) is 0 Å². The molecule has 1 N–H and O–H groups in total. The Hall–Kier alpha value is -1.62. The number of nitrogens with one attached hydrogen (secondary N) is 1. The molecule has 0 amide bonds. The Balaban J connectivity index is 1.85. The molecule has 3 rings (SSSR count). The Morgan fingerprint density at radius 1 is 1.19 bits per heavy atom. The van der Waals surface area contributed by atoms with Crippen LogP contribution in [-0.4, -0.2) is 6.54 Å². The summed E-state index contributed by atoms with van der Waals surface area (Å²) in [6.45, 7) is 0.738. The molecule has 0 unspecified atom stereocenters. The van der Waals surface area contributed by atoms with E-state index in [1.54, 1.807) is 0 Å². The Bertz CT molecular complexity index is 676. The first-order valence-electron chi connectivity index (χ1n) is 6.78. The zero-order valence-electron chi connectivity index (χ0n) is 11.3. The molecule has 0 spiro atoms.